The van der Waals surface area contributed by atoms with Gasteiger partial charge in [-0.2, -0.15) is 0 Å². The van der Waals surface area contributed by atoms with Gasteiger partial charge in [0.15, 0.2) is 0 Å². The zero-order valence-corrected chi connectivity index (χ0v) is 12.2. The van der Waals surface area contributed by atoms with E-state index in [4.69, 9.17) is 5.73 Å². The molecule has 1 atom stereocenters. The maximum absolute atomic E-state index is 6.58. The van der Waals surface area contributed by atoms with Gasteiger partial charge < -0.3 is 5.73 Å². The Morgan fingerprint density at radius 3 is 2.76 bits per heavy atom. The molecule has 102 valence electrons. The summed E-state index contributed by atoms with van der Waals surface area (Å²) in [6.45, 7) is 0. The molecule has 0 spiro atoms. The second-order valence-electron chi connectivity index (χ2n) is 5.11. The summed E-state index contributed by atoms with van der Waals surface area (Å²) in [5.74, 6) is 0. The fraction of sp³-hybridized carbons (Fsp3) is 0.0556. The minimum absolute atomic E-state index is 0.118. The molecule has 0 aliphatic carbocycles. The van der Waals surface area contributed by atoms with Gasteiger partial charge in [0, 0.05) is 22.5 Å². The molecule has 2 aromatic carbocycles. The van der Waals surface area contributed by atoms with Crippen molar-refractivity contribution < 1.29 is 0 Å². The predicted molar refractivity (Wildman–Crippen MR) is 89.6 cm³/mol. The molecule has 0 aliphatic heterocycles. The van der Waals surface area contributed by atoms with E-state index < -0.39 is 0 Å². The Bertz CT molecular complexity index is 921. The van der Waals surface area contributed by atoms with E-state index in [0.717, 1.165) is 10.9 Å². The van der Waals surface area contributed by atoms with Gasteiger partial charge in [0.25, 0.3) is 0 Å². The number of rotatable bonds is 2. The van der Waals surface area contributed by atoms with Crippen LogP contribution >= 0.6 is 11.3 Å². The average Bonchev–Trinajstić information content (AvgIpc) is 2.98. The number of thiophene rings is 1. The van der Waals surface area contributed by atoms with Crippen LogP contribution in [-0.4, -0.2) is 4.98 Å². The summed E-state index contributed by atoms with van der Waals surface area (Å²) in [5.41, 5.74) is 8.92. The summed E-state index contributed by atoms with van der Waals surface area (Å²) >= 11 is 1.75. The van der Waals surface area contributed by atoms with E-state index >= 15 is 0 Å². The van der Waals surface area contributed by atoms with E-state index in [0.29, 0.717) is 0 Å². The number of nitrogens with two attached hydrogens (primary N) is 1. The molecule has 0 amide bonds. The van der Waals surface area contributed by atoms with Crippen molar-refractivity contribution in [1.82, 2.24) is 4.98 Å². The third kappa shape index (κ3) is 2.02. The molecule has 2 heterocycles. The molecule has 1 unspecified atom stereocenters. The van der Waals surface area contributed by atoms with Gasteiger partial charge in [-0.1, -0.05) is 36.4 Å². The quantitative estimate of drug-likeness (QED) is 0.590. The first-order chi connectivity index (χ1) is 10.3. The molecule has 0 bridgehead atoms. The van der Waals surface area contributed by atoms with Crippen molar-refractivity contribution in [2.24, 2.45) is 5.73 Å². The topological polar surface area (TPSA) is 38.9 Å². The minimum atomic E-state index is -0.118. The van der Waals surface area contributed by atoms with Crippen LogP contribution in [0.25, 0.3) is 20.9 Å². The lowest BCUT2D eigenvalue weighted by Gasteiger charge is -2.14. The van der Waals surface area contributed by atoms with E-state index in [1.54, 1.807) is 11.3 Å². The third-order valence-electron chi connectivity index (χ3n) is 3.90. The van der Waals surface area contributed by atoms with Gasteiger partial charge in [0.05, 0.1) is 6.04 Å². The molecule has 4 aromatic rings. The van der Waals surface area contributed by atoms with Gasteiger partial charge in [0.1, 0.15) is 0 Å². The van der Waals surface area contributed by atoms with Gasteiger partial charge in [-0.3, -0.25) is 4.98 Å². The summed E-state index contributed by atoms with van der Waals surface area (Å²) in [5, 5.41) is 5.73. The highest BCUT2D eigenvalue weighted by Crippen LogP contribution is 2.34. The number of hydrogen-bond acceptors (Lipinski definition) is 3. The second-order valence-corrected chi connectivity index (χ2v) is 6.02. The highest BCUT2D eigenvalue weighted by molar-refractivity contribution is 7.17. The predicted octanol–water partition coefficient (Wildman–Crippen LogP) is 4.50. The van der Waals surface area contributed by atoms with E-state index in [-0.39, 0.29) is 6.04 Å². The molecule has 2 aromatic heterocycles. The normalized spacial score (nSPS) is 12.8. The van der Waals surface area contributed by atoms with Crippen LogP contribution in [0.15, 0.2) is 66.3 Å². The summed E-state index contributed by atoms with van der Waals surface area (Å²) in [6, 6.07) is 16.6. The number of aromatic nitrogens is 1. The van der Waals surface area contributed by atoms with Crippen LogP contribution in [0.5, 0.6) is 0 Å². The van der Waals surface area contributed by atoms with Crippen LogP contribution in [-0.2, 0) is 0 Å². The molecule has 2 nitrogen and oxygen atoms in total. The number of benzene rings is 2. The SMILES string of the molecule is NC(c1cccc2cnccc12)c1csc2ccccc12. The fourth-order valence-corrected chi connectivity index (χ4v) is 3.82. The zero-order chi connectivity index (χ0) is 14.2. The molecular formula is C18H14N2S. The minimum Gasteiger partial charge on any atom is -0.320 e. The Balaban J connectivity index is 1.92. The molecule has 0 fully saturated rings. The highest BCUT2D eigenvalue weighted by Gasteiger charge is 2.15. The van der Waals surface area contributed by atoms with E-state index in [1.807, 2.05) is 24.5 Å². The van der Waals surface area contributed by atoms with Crippen molar-refractivity contribution in [1.29, 1.82) is 0 Å². The third-order valence-corrected chi connectivity index (χ3v) is 4.88. The summed E-state index contributed by atoms with van der Waals surface area (Å²) in [7, 11) is 0. The molecular weight excluding hydrogens is 276 g/mol. The van der Waals surface area contributed by atoms with Crippen LogP contribution in [0.3, 0.4) is 0 Å². The molecule has 2 N–H and O–H groups in total. The molecule has 3 heteroatoms. The Morgan fingerprint density at radius 2 is 1.81 bits per heavy atom. The number of nitrogens with zero attached hydrogens (tertiary/aromatic N) is 1. The molecule has 21 heavy (non-hydrogen) atoms. The van der Waals surface area contributed by atoms with Crippen LogP contribution < -0.4 is 5.73 Å². The first-order valence-corrected chi connectivity index (χ1v) is 7.77. The second kappa shape index (κ2) is 4.95. The van der Waals surface area contributed by atoms with Crippen molar-refractivity contribution in [2.45, 2.75) is 6.04 Å². The first kappa shape index (κ1) is 12.5. The van der Waals surface area contributed by atoms with E-state index in [9.17, 15) is 0 Å². The highest BCUT2D eigenvalue weighted by atomic mass is 32.1. The molecule has 0 aliphatic rings. The summed E-state index contributed by atoms with van der Waals surface area (Å²) in [6.07, 6.45) is 3.71. The average molecular weight is 290 g/mol. The molecule has 0 saturated heterocycles. The van der Waals surface area contributed by atoms with Crippen molar-refractivity contribution in [3.63, 3.8) is 0 Å². The number of pyridine rings is 1. The lowest BCUT2D eigenvalue weighted by molar-refractivity contribution is 0.894. The maximum Gasteiger partial charge on any atom is 0.0572 e. The smallest absolute Gasteiger partial charge is 0.0572 e. The van der Waals surface area contributed by atoms with Gasteiger partial charge in [-0.25, -0.2) is 0 Å². The Hall–Kier alpha value is -2.23. The van der Waals surface area contributed by atoms with Crippen LogP contribution in [0, 0.1) is 0 Å². The Morgan fingerprint density at radius 1 is 0.905 bits per heavy atom. The Kier molecular flexibility index (Phi) is 2.95. The molecule has 0 saturated carbocycles. The van der Waals surface area contributed by atoms with Gasteiger partial charge in [0.2, 0.25) is 0 Å². The zero-order valence-electron chi connectivity index (χ0n) is 11.4. The van der Waals surface area contributed by atoms with E-state index in [1.165, 1.54) is 21.0 Å². The fourth-order valence-electron chi connectivity index (χ4n) is 2.83. The van der Waals surface area contributed by atoms with Crippen molar-refractivity contribution in [3.05, 3.63) is 77.4 Å². The lowest BCUT2D eigenvalue weighted by atomic mass is 9.95. The molecule has 4 rings (SSSR count). The van der Waals surface area contributed by atoms with Crippen molar-refractivity contribution in [2.75, 3.05) is 0 Å². The van der Waals surface area contributed by atoms with E-state index in [2.05, 4.69) is 46.8 Å². The number of fused-ring (bicyclic) bond motifs is 2. The van der Waals surface area contributed by atoms with Gasteiger partial charge in [-0.05, 0) is 39.4 Å². The maximum atomic E-state index is 6.58. The van der Waals surface area contributed by atoms with Crippen LogP contribution in [0.4, 0.5) is 0 Å². The first-order valence-electron chi connectivity index (χ1n) is 6.89. The lowest BCUT2D eigenvalue weighted by Crippen LogP contribution is -2.11. The van der Waals surface area contributed by atoms with Crippen molar-refractivity contribution >= 4 is 32.2 Å². The largest absolute Gasteiger partial charge is 0.320 e. The van der Waals surface area contributed by atoms with Gasteiger partial charge in [-0.15, -0.1) is 11.3 Å². The Labute approximate surface area is 126 Å². The number of hydrogen-bond donors (Lipinski definition) is 1. The van der Waals surface area contributed by atoms with Crippen LogP contribution in [0.1, 0.15) is 17.2 Å². The van der Waals surface area contributed by atoms with Crippen LogP contribution in [0.2, 0.25) is 0 Å². The van der Waals surface area contributed by atoms with Crippen molar-refractivity contribution in [3.8, 4) is 0 Å². The standard InChI is InChI=1S/C18H14N2S/c19-18(16-11-21-17-7-2-1-5-14(16)17)15-6-3-4-12-10-20-9-8-13(12)15/h1-11,18H,19H2. The monoisotopic (exact) mass is 290 g/mol. The summed E-state index contributed by atoms with van der Waals surface area (Å²) < 4.78 is 1.28. The molecule has 0 radical (unpaired) electrons. The van der Waals surface area contributed by atoms with Gasteiger partial charge >= 0.3 is 0 Å². The summed E-state index contributed by atoms with van der Waals surface area (Å²) in [4.78, 5) is 4.19.